The van der Waals surface area contributed by atoms with Crippen LogP contribution in [0.3, 0.4) is 0 Å². The summed E-state index contributed by atoms with van der Waals surface area (Å²) in [4.78, 5) is 11.7. The van der Waals surface area contributed by atoms with Gasteiger partial charge in [-0.15, -0.1) is 11.3 Å². The van der Waals surface area contributed by atoms with E-state index >= 15 is 0 Å². The third-order valence-corrected chi connectivity index (χ3v) is 6.72. The molecule has 2 aromatic heterocycles. The molecule has 0 aliphatic heterocycles. The van der Waals surface area contributed by atoms with Gasteiger partial charge in [-0.25, -0.2) is 9.97 Å². The number of aromatic nitrogens is 2. The minimum Gasteiger partial charge on any atom is -0.481 e. The fourth-order valence-electron chi connectivity index (χ4n) is 3.51. The third kappa shape index (κ3) is 3.21. The van der Waals surface area contributed by atoms with E-state index < -0.39 is 0 Å². The summed E-state index contributed by atoms with van der Waals surface area (Å²) < 4.78 is 6.40. The van der Waals surface area contributed by atoms with Crippen molar-refractivity contribution in [2.45, 2.75) is 44.7 Å². The van der Waals surface area contributed by atoms with E-state index in [0.717, 1.165) is 11.1 Å². The first kappa shape index (κ1) is 17.4. The van der Waals surface area contributed by atoms with Crippen molar-refractivity contribution in [3.63, 3.8) is 0 Å². The van der Waals surface area contributed by atoms with Gasteiger partial charge in [0, 0.05) is 35.8 Å². The van der Waals surface area contributed by atoms with Gasteiger partial charge >= 0.3 is 0 Å². The largest absolute Gasteiger partial charge is 0.481 e. The molecule has 2 heterocycles. The molecule has 136 valence electrons. The summed E-state index contributed by atoms with van der Waals surface area (Å²) in [6.07, 6.45) is 4.31. The van der Waals surface area contributed by atoms with Crippen LogP contribution >= 0.6 is 11.3 Å². The number of rotatable bonds is 5. The maximum absolute atomic E-state index is 5.14. The number of pyridine rings is 1. The lowest BCUT2D eigenvalue weighted by atomic mass is 9.79. The first-order chi connectivity index (χ1) is 12.5. The highest BCUT2D eigenvalue weighted by atomic mass is 32.1. The van der Waals surface area contributed by atoms with Gasteiger partial charge in [-0.1, -0.05) is 6.07 Å². The van der Waals surface area contributed by atoms with Gasteiger partial charge in [-0.3, -0.25) is 0 Å². The molecule has 0 N–H and O–H groups in total. The number of hydrogen-bond acceptors (Lipinski definition) is 5. The summed E-state index contributed by atoms with van der Waals surface area (Å²) in [5.41, 5.74) is 3.38. The van der Waals surface area contributed by atoms with E-state index in [0.29, 0.717) is 23.9 Å². The van der Waals surface area contributed by atoms with Gasteiger partial charge in [0.25, 0.3) is 0 Å². The topological polar surface area (TPSA) is 38.2 Å². The molecule has 4 nitrogen and oxygen atoms in total. The summed E-state index contributed by atoms with van der Waals surface area (Å²) in [5, 5.41) is 1.29. The van der Waals surface area contributed by atoms with E-state index in [1.807, 2.05) is 29.7 Å². The quantitative estimate of drug-likeness (QED) is 0.639. The van der Waals surface area contributed by atoms with Crippen molar-refractivity contribution in [3.8, 4) is 17.0 Å². The molecule has 0 bridgehead atoms. The zero-order chi connectivity index (χ0) is 18.3. The molecular formula is C21H25N3OS. The van der Waals surface area contributed by atoms with Crippen LogP contribution in [0.2, 0.25) is 0 Å². The van der Waals surface area contributed by atoms with Crippen molar-refractivity contribution in [2.75, 3.05) is 14.2 Å². The van der Waals surface area contributed by atoms with Crippen LogP contribution in [-0.4, -0.2) is 41.1 Å². The average molecular weight is 368 g/mol. The molecule has 3 aromatic rings. The Kier molecular flexibility index (Phi) is 4.67. The van der Waals surface area contributed by atoms with Gasteiger partial charge < -0.3 is 9.64 Å². The number of thiazole rings is 1. The molecule has 1 aliphatic carbocycles. The predicted molar refractivity (Wildman–Crippen MR) is 108 cm³/mol. The first-order valence-electron chi connectivity index (χ1n) is 9.18. The molecule has 1 saturated carbocycles. The number of methoxy groups -OCH3 is 1. The molecule has 1 aromatic carbocycles. The summed E-state index contributed by atoms with van der Waals surface area (Å²) in [6.45, 7) is 4.53. The van der Waals surface area contributed by atoms with Crippen LogP contribution in [0.15, 0.2) is 36.5 Å². The number of ether oxygens (including phenoxy) is 1. The Morgan fingerprint density at radius 3 is 2.58 bits per heavy atom. The van der Waals surface area contributed by atoms with Crippen LogP contribution in [0.4, 0.5) is 0 Å². The number of nitrogens with zero attached hydrogens (tertiary/aromatic N) is 3. The summed E-state index contributed by atoms with van der Waals surface area (Å²) in [6, 6.07) is 11.8. The van der Waals surface area contributed by atoms with E-state index in [9.17, 15) is 0 Å². The lowest BCUT2D eigenvalue weighted by molar-refractivity contribution is 0.108. The number of hydrogen-bond donors (Lipinski definition) is 0. The van der Waals surface area contributed by atoms with Gasteiger partial charge in [0.1, 0.15) is 0 Å². The van der Waals surface area contributed by atoms with Gasteiger partial charge in [-0.05, 0) is 57.5 Å². The molecule has 5 heteroatoms. The smallest absolute Gasteiger partial charge is 0.212 e. The molecule has 0 atom stereocenters. The second-order valence-corrected chi connectivity index (χ2v) is 8.47. The van der Waals surface area contributed by atoms with Crippen LogP contribution in [0.5, 0.6) is 5.88 Å². The maximum atomic E-state index is 5.14. The molecule has 0 amide bonds. The summed E-state index contributed by atoms with van der Waals surface area (Å²) >= 11 is 1.85. The van der Waals surface area contributed by atoms with Crippen molar-refractivity contribution in [3.05, 3.63) is 41.5 Å². The van der Waals surface area contributed by atoms with Crippen molar-refractivity contribution >= 4 is 21.6 Å². The van der Waals surface area contributed by atoms with Crippen molar-refractivity contribution < 1.29 is 4.74 Å². The van der Waals surface area contributed by atoms with Gasteiger partial charge in [0.05, 0.1) is 22.3 Å². The van der Waals surface area contributed by atoms with E-state index in [-0.39, 0.29) is 0 Å². The third-order valence-electron chi connectivity index (χ3n) is 5.54. The summed E-state index contributed by atoms with van der Waals surface area (Å²) in [5.74, 6) is 1.26. The van der Waals surface area contributed by atoms with E-state index in [1.165, 1.54) is 28.1 Å². The normalized spacial score (nSPS) is 19.9. The Bertz CT molecular complexity index is 897. The lowest BCUT2D eigenvalue weighted by Crippen LogP contribution is -2.44. The van der Waals surface area contributed by atoms with E-state index in [1.54, 1.807) is 7.11 Å². The van der Waals surface area contributed by atoms with Crippen molar-refractivity contribution in [1.82, 2.24) is 14.9 Å². The molecular weight excluding hydrogens is 342 g/mol. The van der Waals surface area contributed by atoms with Crippen LogP contribution < -0.4 is 4.74 Å². The van der Waals surface area contributed by atoms with Crippen molar-refractivity contribution in [1.29, 1.82) is 0 Å². The Morgan fingerprint density at radius 1 is 1.15 bits per heavy atom. The molecule has 1 aliphatic rings. The highest BCUT2D eigenvalue weighted by molar-refractivity contribution is 7.18. The Balaban J connectivity index is 1.53. The minimum absolute atomic E-state index is 0.608. The Labute approximate surface area is 158 Å². The molecule has 0 saturated heterocycles. The highest BCUT2D eigenvalue weighted by Crippen LogP contribution is 2.43. The van der Waals surface area contributed by atoms with E-state index in [2.05, 4.69) is 49.0 Å². The summed E-state index contributed by atoms with van der Waals surface area (Å²) in [7, 11) is 3.87. The zero-order valence-corrected chi connectivity index (χ0v) is 16.6. The molecule has 0 radical (unpaired) electrons. The van der Waals surface area contributed by atoms with E-state index in [4.69, 9.17) is 9.72 Å². The van der Waals surface area contributed by atoms with Crippen LogP contribution in [0.1, 0.15) is 37.6 Å². The molecule has 4 rings (SSSR count). The van der Waals surface area contributed by atoms with Crippen molar-refractivity contribution in [2.24, 2.45) is 0 Å². The second kappa shape index (κ2) is 6.97. The maximum Gasteiger partial charge on any atom is 0.212 e. The SMILES string of the molecule is COc1ccc(-c2ccc3nc(C4CC(N(C)C(C)C)C4)sc3c2)cn1. The molecule has 26 heavy (non-hydrogen) atoms. The first-order valence-corrected chi connectivity index (χ1v) is 9.99. The molecule has 0 spiro atoms. The monoisotopic (exact) mass is 367 g/mol. The Hall–Kier alpha value is -1.98. The predicted octanol–water partition coefficient (Wildman–Crippen LogP) is 4.95. The highest BCUT2D eigenvalue weighted by Gasteiger charge is 2.35. The van der Waals surface area contributed by atoms with Gasteiger partial charge in [0.2, 0.25) is 5.88 Å². The van der Waals surface area contributed by atoms with Crippen LogP contribution in [-0.2, 0) is 0 Å². The second-order valence-electron chi connectivity index (χ2n) is 7.41. The number of benzene rings is 1. The molecule has 0 unspecified atom stereocenters. The number of fused-ring (bicyclic) bond motifs is 1. The lowest BCUT2D eigenvalue weighted by Gasteiger charge is -2.42. The average Bonchev–Trinajstić information content (AvgIpc) is 3.02. The zero-order valence-electron chi connectivity index (χ0n) is 15.8. The molecule has 1 fully saturated rings. The standard InChI is InChI=1S/C21H25N3OS/c1-13(2)24(3)17-9-16(10-17)21-23-18-7-5-14(11-19(18)26-21)15-6-8-20(25-4)22-12-15/h5-8,11-13,16-17H,9-10H2,1-4H3. The minimum atomic E-state index is 0.608. The Morgan fingerprint density at radius 2 is 1.92 bits per heavy atom. The van der Waals surface area contributed by atoms with Gasteiger partial charge in [0.15, 0.2) is 0 Å². The van der Waals surface area contributed by atoms with Crippen LogP contribution in [0.25, 0.3) is 21.3 Å². The van der Waals surface area contributed by atoms with Gasteiger partial charge in [-0.2, -0.15) is 0 Å². The fourth-order valence-corrected chi connectivity index (χ4v) is 4.64. The fraction of sp³-hybridized carbons (Fsp3) is 0.429. The van der Waals surface area contributed by atoms with Crippen LogP contribution in [0, 0.1) is 0 Å².